The third-order valence-electron chi connectivity index (χ3n) is 3.66. The molecule has 1 heterocycles. The Labute approximate surface area is 146 Å². The summed E-state index contributed by atoms with van der Waals surface area (Å²) < 4.78 is 5.15. The van der Waals surface area contributed by atoms with Gasteiger partial charge in [0.15, 0.2) is 5.78 Å². The molecule has 0 saturated carbocycles. The van der Waals surface area contributed by atoms with Crippen molar-refractivity contribution in [3.05, 3.63) is 93.7 Å². The molecule has 0 atom stereocenters. The Kier molecular flexibility index (Phi) is 5.24. The maximum atomic E-state index is 12.2. The van der Waals surface area contributed by atoms with Gasteiger partial charge in [-0.25, -0.2) is 0 Å². The number of carbonyl (C=O) groups is 1. The molecule has 0 spiro atoms. The summed E-state index contributed by atoms with van der Waals surface area (Å²) >= 11 is 1.71. The first-order valence-electron chi connectivity index (χ1n) is 7.74. The number of ether oxygens (including phenoxy) is 1. The Morgan fingerprint density at radius 1 is 1.04 bits per heavy atom. The highest BCUT2D eigenvalue weighted by Gasteiger charge is 2.04. The van der Waals surface area contributed by atoms with Crippen LogP contribution in [0.5, 0.6) is 5.75 Å². The van der Waals surface area contributed by atoms with Gasteiger partial charge in [0.2, 0.25) is 0 Å². The van der Waals surface area contributed by atoms with Gasteiger partial charge in [-0.2, -0.15) is 0 Å². The molecule has 3 aromatic rings. The summed E-state index contributed by atoms with van der Waals surface area (Å²) in [4.78, 5) is 14.6. The van der Waals surface area contributed by atoms with Crippen molar-refractivity contribution in [3.8, 4) is 5.75 Å². The second-order valence-electron chi connectivity index (χ2n) is 5.40. The van der Waals surface area contributed by atoms with Crippen molar-refractivity contribution < 1.29 is 9.53 Å². The van der Waals surface area contributed by atoms with Crippen molar-refractivity contribution in [2.75, 3.05) is 7.11 Å². The fraction of sp³-hybridized carbons (Fsp3) is 0.0952. The van der Waals surface area contributed by atoms with Gasteiger partial charge in [-0.3, -0.25) is 4.79 Å². The number of carbonyl (C=O) groups excluding carboxylic acids is 1. The highest BCUT2D eigenvalue weighted by molar-refractivity contribution is 7.12. The molecule has 0 aliphatic heterocycles. The lowest BCUT2D eigenvalue weighted by atomic mass is 10.1. The summed E-state index contributed by atoms with van der Waals surface area (Å²) in [7, 11) is 1.60. The molecule has 0 bridgehead atoms. The Hall–Kier alpha value is -2.65. The number of hydrogen-bond acceptors (Lipinski definition) is 3. The average molecular weight is 334 g/mol. The van der Waals surface area contributed by atoms with Gasteiger partial charge in [0.05, 0.1) is 7.11 Å². The second kappa shape index (κ2) is 7.75. The molecule has 3 heteroatoms. The first-order chi connectivity index (χ1) is 11.7. The van der Waals surface area contributed by atoms with Crippen LogP contribution in [-0.4, -0.2) is 12.9 Å². The van der Waals surface area contributed by atoms with Gasteiger partial charge in [0.1, 0.15) is 5.75 Å². The van der Waals surface area contributed by atoms with E-state index in [1.807, 2.05) is 24.3 Å². The highest BCUT2D eigenvalue weighted by atomic mass is 32.1. The van der Waals surface area contributed by atoms with E-state index in [0.29, 0.717) is 11.3 Å². The van der Waals surface area contributed by atoms with E-state index in [4.69, 9.17) is 4.74 Å². The van der Waals surface area contributed by atoms with Crippen LogP contribution in [0.2, 0.25) is 0 Å². The average Bonchev–Trinajstić information content (AvgIpc) is 3.08. The van der Waals surface area contributed by atoms with E-state index in [1.165, 1.54) is 10.4 Å². The molecule has 0 aliphatic rings. The van der Waals surface area contributed by atoms with Crippen LogP contribution in [0.1, 0.15) is 25.7 Å². The molecular formula is C21H18O2S. The zero-order valence-corrected chi connectivity index (χ0v) is 14.3. The highest BCUT2D eigenvalue weighted by Crippen LogP contribution is 2.21. The number of ketones is 1. The minimum atomic E-state index is -0.0214. The predicted molar refractivity (Wildman–Crippen MR) is 99.9 cm³/mol. The molecular weight excluding hydrogens is 316 g/mol. The quantitative estimate of drug-likeness (QED) is 0.455. The van der Waals surface area contributed by atoms with Gasteiger partial charge < -0.3 is 4.74 Å². The molecule has 0 unspecified atom stereocenters. The second-order valence-corrected chi connectivity index (χ2v) is 6.60. The molecule has 0 amide bonds. The zero-order valence-electron chi connectivity index (χ0n) is 13.4. The molecule has 2 nitrogen and oxygen atoms in total. The first-order valence-corrected chi connectivity index (χ1v) is 8.55. The Morgan fingerprint density at radius 3 is 2.67 bits per heavy atom. The van der Waals surface area contributed by atoms with E-state index >= 15 is 0 Å². The third-order valence-corrected chi connectivity index (χ3v) is 4.71. The maximum absolute atomic E-state index is 12.2. The lowest BCUT2D eigenvalue weighted by Gasteiger charge is -2.00. The van der Waals surface area contributed by atoms with E-state index in [1.54, 1.807) is 36.7 Å². The Balaban J connectivity index is 1.67. The van der Waals surface area contributed by atoms with Gasteiger partial charge in [-0.15, -0.1) is 11.3 Å². The summed E-state index contributed by atoms with van der Waals surface area (Å²) in [6, 6.07) is 21.8. The number of rotatable bonds is 6. The monoisotopic (exact) mass is 334 g/mol. The van der Waals surface area contributed by atoms with Gasteiger partial charge in [0.25, 0.3) is 0 Å². The number of methoxy groups -OCH3 is 1. The molecule has 0 radical (unpaired) electrons. The van der Waals surface area contributed by atoms with Gasteiger partial charge in [-0.05, 0) is 42.0 Å². The molecule has 2 aromatic carbocycles. The summed E-state index contributed by atoms with van der Waals surface area (Å²) in [5.74, 6) is 0.669. The van der Waals surface area contributed by atoms with E-state index in [2.05, 4.69) is 36.4 Å². The standard InChI is InChI=1S/C21H18O2S/c1-23-18-9-5-8-17(15-18)21(22)13-12-19-10-11-20(24-19)14-16-6-3-2-4-7-16/h2-13,15H,14H2,1H3/b13-12+. The number of benzene rings is 2. The smallest absolute Gasteiger partial charge is 0.186 e. The largest absolute Gasteiger partial charge is 0.497 e. The van der Waals surface area contributed by atoms with Gasteiger partial charge in [0, 0.05) is 21.7 Å². The molecule has 0 N–H and O–H groups in total. The SMILES string of the molecule is COc1cccc(C(=O)/C=C/c2ccc(Cc3ccccc3)s2)c1. The van der Waals surface area contributed by atoms with E-state index in [-0.39, 0.29) is 5.78 Å². The van der Waals surface area contributed by atoms with Gasteiger partial charge >= 0.3 is 0 Å². The van der Waals surface area contributed by atoms with Gasteiger partial charge in [-0.1, -0.05) is 42.5 Å². The number of allylic oxidation sites excluding steroid dienone is 1. The molecule has 24 heavy (non-hydrogen) atoms. The molecule has 0 aliphatic carbocycles. The maximum Gasteiger partial charge on any atom is 0.186 e. The van der Waals surface area contributed by atoms with Crippen LogP contribution in [0.25, 0.3) is 6.08 Å². The van der Waals surface area contributed by atoms with Crippen molar-refractivity contribution in [3.63, 3.8) is 0 Å². The number of thiophene rings is 1. The van der Waals surface area contributed by atoms with Crippen LogP contribution in [-0.2, 0) is 6.42 Å². The summed E-state index contributed by atoms with van der Waals surface area (Å²) in [5, 5.41) is 0. The lowest BCUT2D eigenvalue weighted by molar-refractivity contribution is 0.104. The Morgan fingerprint density at radius 2 is 1.88 bits per heavy atom. The van der Waals surface area contributed by atoms with Crippen molar-refractivity contribution in [2.45, 2.75) is 6.42 Å². The zero-order chi connectivity index (χ0) is 16.8. The summed E-state index contributed by atoms with van der Waals surface area (Å²) in [5.41, 5.74) is 1.93. The molecule has 1 aromatic heterocycles. The normalized spacial score (nSPS) is 10.9. The van der Waals surface area contributed by atoms with Crippen LogP contribution in [0.15, 0.2) is 72.8 Å². The fourth-order valence-electron chi connectivity index (χ4n) is 2.41. The lowest BCUT2D eigenvalue weighted by Crippen LogP contribution is -1.94. The van der Waals surface area contributed by atoms with Crippen LogP contribution in [0.4, 0.5) is 0 Å². The fourth-order valence-corrected chi connectivity index (χ4v) is 3.36. The van der Waals surface area contributed by atoms with E-state index in [9.17, 15) is 4.79 Å². The molecule has 0 saturated heterocycles. The summed E-state index contributed by atoms with van der Waals surface area (Å²) in [6.45, 7) is 0. The predicted octanol–water partition coefficient (Wildman–Crippen LogP) is 5.24. The summed E-state index contributed by atoms with van der Waals surface area (Å²) in [6.07, 6.45) is 4.41. The minimum Gasteiger partial charge on any atom is -0.497 e. The minimum absolute atomic E-state index is 0.0214. The molecule has 0 fully saturated rings. The molecule has 120 valence electrons. The Bertz CT molecular complexity index is 847. The van der Waals surface area contributed by atoms with Crippen LogP contribution < -0.4 is 4.74 Å². The van der Waals surface area contributed by atoms with Crippen molar-refractivity contribution in [1.82, 2.24) is 0 Å². The van der Waals surface area contributed by atoms with E-state index in [0.717, 1.165) is 11.3 Å². The van der Waals surface area contributed by atoms with Crippen molar-refractivity contribution in [1.29, 1.82) is 0 Å². The van der Waals surface area contributed by atoms with Crippen molar-refractivity contribution >= 4 is 23.2 Å². The molecule has 3 rings (SSSR count). The van der Waals surface area contributed by atoms with Crippen LogP contribution in [0, 0.1) is 0 Å². The van der Waals surface area contributed by atoms with Crippen molar-refractivity contribution in [2.24, 2.45) is 0 Å². The first kappa shape index (κ1) is 16.2. The van der Waals surface area contributed by atoms with Crippen LogP contribution in [0.3, 0.4) is 0 Å². The number of hydrogen-bond donors (Lipinski definition) is 0. The van der Waals surface area contributed by atoms with E-state index < -0.39 is 0 Å². The van der Waals surface area contributed by atoms with Crippen LogP contribution >= 0.6 is 11.3 Å². The third kappa shape index (κ3) is 4.21. The topological polar surface area (TPSA) is 26.3 Å².